The average molecular weight is 275 g/mol. The number of aromatic carboxylic acids is 1. The molecule has 2 bridgehead atoms. The number of hydrogen-bond acceptors (Lipinski definition) is 2. The molecule has 20 heavy (non-hydrogen) atoms. The first-order valence-electron chi connectivity index (χ1n) is 6.57. The Bertz CT molecular complexity index is 611. The Morgan fingerprint density at radius 2 is 2.05 bits per heavy atom. The number of anilines is 1. The maximum absolute atomic E-state index is 13.8. The lowest BCUT2D eigenvalue weighted by molar-refractivity contribution is -0.120. The number of hydrogen-bond donors (Lipinski definition) is 2. The average Bonchev–Trinajstić information content (AvgIpc) is 3.03. The van der Waals surface area contributed by atoms with E-state index < -0.39 is 11.8 Å². The normalized spacial score (nSPS) is 26.8. The number of para-hydroxylation sites is 1. The summed E-state index contributed by atoms with van der Waals surface area (Å²) < 4.78 is 13.8. The maximum atomic E-state index is 13.8. The summed E-state index contributed by atoms with van der Waals surface area (Å²) in [5, 5.41) is 11.5. The second-order valence-corrected chi connectivity index (χ2v) is 5.34. The fraction of sp³-hybridized carbons (Fsp3) is 0.333. The van der Waals surface area contributed by atoms with E-state index in [1.54, 1.807) is 0 Å². The van der Waals surface area contributed by atoms with Gasteiger partial charge in [-0.15, -0.1) is 0 Å². The van der Waals surface area contributed by atoms with Crippen LogP contribution in [0, 0.1) is 23.6 Å². The largest absolute Gasteiger partial charge is 0.478 e. The lowest BCUT2D eigenvalue weighted by atomic mass is 9.92. The lowest BCUT2D eigenvalue weighted by Gasteiger charge is -2.18. The van der Waals surface area contributed by atoms with Gasteiger partial charge in [-0.1, -0.05) is 18.2 Å². The van der Waals surface area contributed by atoms with E-state index in [9.17, 15) is 14.0 Å². The molecule has 0 radical (unpaired) electrons. The van der Waals surface area contributed by atoms with Gasteiger partial charge in [0.05, 0.1) is 11.3 Å². The topological polar surface area (TPSA) is 66.4 Å². The van der Waals surface area contributed by atoms with Crippen LogP contribution in [0.4, 0.5) is 10.1 Å². The van der Waals surface area contributed by atoms with Crippen LogP contribution in [0.25, 0.3) is 0 Å². The van der Waals surface area contributed by atoms with Crippen LogP contribution in [0.15, 0.2) is 30.4 Å². The first kappa shape index (κ1) is 12.8. The third-order valence-corrected chi connectivity index (χ3v) is 4.11. The molecule has 0 aliphatic heterocycles. The molecule has 0 saturated heterocycles. The second-order valence-electron chi connectivity index (χ2n) is 5.34. The quantitative estimate of drug-likeness (QED) is 0.833. The van der Waals surface area contributed by atoms with Gasteiger partial charge in [0.2, 0.25) is 5.91 Å². The number of halogens is 1. The highest BCUT2D eigenvalue weighted by molar-refractivity contribution is 6.01. The maximum Gasteiger partial charge on any atom is 0.337 e. The Labute approximate surface area is 115 Å². The predicted molar refractivity (Wildman–Crippen MR) is 70.8 cm³/mol. The van der Waals surface area contributed by atoms with Crippen LogP contribution in [-0.2, 0) is 4.79 Å². The summed E-state index contributed by atoms with van der Waals surface area (Å²) >= 11 is 0. The summed E-state index contributed by atoms with van der Waals surface area (Å²) in [7, 11) is 0. The second kappa shape index (κ2) is 4.74. The summed E-state index contributed by atoms with van der Waals surface area (Å²) in [6, 6.07) is 3.74. The molecule has 3 atom stereocenters. The molecule has 4 nitrogen and oxygen atoms in total. The van der Waals surface area contributed by atoms with Crippen LogP contribution >= 0.6 is 0 Å². The number of carboxylic acid groups (broad SMARTS) is 1. The molecule has 0 spiro atoms. The Balaban J connectivity index is 1.83. The Morgan fingerprint density at radius 3 is 2.65 bits per heavy atom. The number of allylic oxidation sites excluding steroid dienone is 2. The zero-order chi connectivity index (χ0) is 14.3. The van der Waals surface area contributed by atoms with Gasteiger partial charge < -0.3 is 10.4 Å². The highest BCUT2D eigenvalue weighted by atomic mass is 19.1. The fourth-order valence-corrected chi connectivity index (χ4v) is 3.13. The number of rotatable bonds is 3. The van der Waals surface area contributed by atoms with E-state index in [1.807, 2.05) is 6.08 Å². The third kappa shape index (κ3) is 2.09. The van der Waals surface area contributed by atoms with Gasteiger partial charge in [0.1, 0.15) is 5.82 Å². The number of carboxylic acids is 1. The Kier molecular flexibility index (Phi) is 3.04. The van der Waals surface area contributed by atoms with Crippen LogP contribution in [0.5, 0.6) is 0 Å². The van der Waals surface area contributed by atoms with Gasteiger partial charge in [-0.05, 0) is 36.8 Å². The molecule has 1 saturated carbocycles. The van der Waals surface area contributed by atoms with Crippen molar-refractivity contribution in [1.29, 1.82) is 0 Å². The van der Waals surface area contributed by atoms with Crippen LogP contribution in [0.1, 0.15) is 23.2 Å². The van der Waals surface area contributed by atoms with Gasteiger partial charge in [0.25, 0.3) is 0 Å². The summed E-state index contributed by atoms with van der Waals surface area (Å²) in [6.45, 7) is 0. The van der Waals surface area contributed by atoms with Crippen LogP contribution in [0.2, 0.25) is 0 Å². The zero-order valence-electron chi connectivity index (χ0n) is 10.7. The molecule has 2 aliphatic carbocycles. The van der Waals surface area contributed by atoms with Crippen LogP contribution in [0.3, 0.4) is 0 Å². The summed E-state index contributed by atoms with van der Waals surface area (Å²) in [5.74, 6) is -1.85. The molecule has 0 aromatic heterocycles. The molecule has 1 aromatic rings. The molecule has 0 heterocycles. The molecular weight excluding hydrogens is 261 g/mol. The zero-order valence-corrected chi connectivity index (χ0v) is 10.7. The Morgan fingerprint density at radius 1 is 1.25 bits per heavy atom. The van der Waals surface area contributed by atoms with E-state index in [-0.39, 0.29) is 29.0 Å². The van der Waals surface area contributed by atoms with Gasteiger partial charge in [0.15, 0.2) is 0 Å². The minimum absolute atomic E-state index is 0.189. The minimum atomic E-state index is -1.26. The molecule has 2 aliphatic rings. The lowest BCUT2D eigenvalue weighted by Crippen LogP contribution is -2.27. The first-order chi connectivity index (χ1) is 9.56. The molecule has 1 aromatic carbocycles. The van der Waals surface area contributed by atoms with Crippen LogP contribution < -0.4 is 5.32 Å². The number of amides is 1. The van der Waals surface area contributed by atoms with E-state index >= 15 is 0 Å². The monoisotopic (exact) mass is 275 g/mol. The number of fused-ring (bicyclic) bond motifs is 2. The highest BCUT2D eigenvalue weighted by Gasteiger charge is 2.40. The van der Waals surface area contributed by atoms with Gasteiger partial charge in [-0.25, -0.2) is 9.18 Å². The van der Waals surface area contributed by atoms with Crippen molar-refractivity contribution in [3.63, 3.8) is 0 Å². The van der Waals surface area contributed by atoms with Crippen molar-refractivity contribution in [3.8, 4) is 0 Å². The summed E-state index contributed by atoms with van der Waals surface area (Å²) in [6.07, 6.45) is 5.85. The third-order valence-electron chi connectivity index (χ3n) is 4.11. The van der Waals surface area contributed by atoms with Crippen molar-refractivity contribution >= 4 is 17.6 Å². The molecular formula is C15H14FNO3. The van der Waals surface area contributed by atoms with Crippen molar-refractivity contribution < 1.29 is 19.1 Å². The van der Waals surface area contributed by atoms with E-state index in [0.29, 0.717) is 5.92 Å². The smallest absolute Gasteiger partial charge is 0.337 e. The Hall–Kier alpha value is -2.17. The molecule has 5 heteroatoms. The molecule has 1 amide bonds. The SMILES string of the molecule is O=C(O)c1cccc(F)c1NC(=O)C1CC2C=CC1C2. The van der Waals surface area contributed by atoms with Crippen molar-refractivity contribution in [2.45, 2.75) is 12.8 Å². The van der Waals surface area contributed by atoms with E-state index in [0.717, 1.165) is 18.9 Å². The van der Waals surface area contributed by atoms with Gasteiger partial charge in [0, 0.05) is 5.92 Å². The number of benzene rings is 1. The van der Waals surface area contributed by atoms with Crippen molar-refractivity contribution in [3.05, 3.63) is 41.7 Å². The predicted octanol–water partition coefficient (Wildman–Crippen LogP) is 2.67. The molecule has 3 unspecified atom stereocenters. The first-order valence-corrected chi connectivity index (χ1v) is 6.57. The number of nitrogens with one attached hydrogen (secondary N) is 1. The van der Waals surface area contributed by atoms with Crippen molar-refractivity contribution in [2.75, 3.05) is 5.32 Å². The van der Waals surface area contributed by atoms with Crippen LogP contribution in [-0.4, -0.2) is 17.0 Å². The molecule has 104 valence electrons. The summed E-state index contributed by atoms with van der Waals surface area (Å²) in [5.41, 5.74) is -0.464. The van der Waals surface area contributed by atoms with E-state index in [1.165, 1.54) is 12.1 Å². The fourth-order valence-electron chi connectivity index (χ4n) is 3.13. The highest BCUT2D eigenvalue weighted by Crippen LogP contribution is 2.43. The van der Waals surface area contributed by atoms with E-state index in [2.05, 4.69) is 11.4 Å². The number of carbonyl (C=O) groups is 2. The van der Waals surface area contributed by atoms with Crippen molar-refractivity contribution in [2.24, 2.45) is 17.8 Å². The number of carbonyl (C=O) groups excluding carboxylic acids is 1. The molecule has 2 N–H and O–H groups in total. The standard InChI is InChI=1S/C15H14FNO3/c16-12-3-1-2-10(15(19)20)13(12)17-14(18)11-7-8-4-5-9(11)6-8/h1-5,8-9,11H,6-7H2,(H,17,18)(H,19,20). The van der Waals surface area contributed by atoms with Gasteiger partial charge in [-0.3, -0.25) is 4.79 Å². The summed E-state index contributed by atoms with van der Waals surface area (Å²) in [4.78, 5) is 23.3. The minimum Gasteiger partial charge on any atom is -0.478 e. The van der Waals surface area contributed by atoms with Crippen molar-refractivity contribution in [1.82, 2.24) is 0 Å². The van der Waals surface area contributed by atoms with Gasteiger partial charge in [-0.2, -0.15) is 0 Å². The van der Waals surface area contributed by atoms with E-state index in [4.69, 9.17) is 5.11 Å². The molecule has 3 rings (SSSR count). The molecule has 1 fully saturated rings. The van der Waals surface area contributed by atoms with Gasteiger partial charge >= 0.3 is 5.97 Å².